The zero-order valence-electron chi connectivity index (χ0n) is 12.5. The van der Waals surface area contributed by atoms with E-state index in [0.29, 0.717) is 11.3 Å². The van der Waals surface area contributed by atoms with Gasteiger partial charge in [-0.2, -0.15) is 0 Å². The Balaban J connectivity index is 1.53. The van der Waals surface area contributed by atoms with E-state index in [2.05, 4.69) is 11.4 Å². The molecule has 0 bridgehead atoms. The molecule has 4 rings (SSSR count). The molecule has 1 aliphatic carbocycles. The fourth-order valence-corrected chi connectivity index (χ4v) is 4.10. The Labute approximate surface area is 125 Å². The molecule has 4 heteroatoms. The van der Waals surface area contributed by atoms with Crippen molar-refractivity contribution in [1.82, 2.24) is 5.32 Å². The molecule has 2 heterocycles. The second-order valence-electron chi connectivity index (χ2n) is 6.60. The van der Waals surface area contributed by atoms with Crippen LogP contribution in [0.1, 0.15) is 24.8 Å². The first-order valence-corrected chi connectivity index (χ1v) is 7.92. The number of rotatable bonds is 2. The molecule has 2 aliphatic heterocycles. The maximum Gasteiger partial charge on any atom is 0.230 e. The topological polar surface area (TPSA) is 41.6 Å². The van der Waals surface area contributed by atoms with Crippen LogP contribution >= 0.6 is 0 Å². The van der Waals surface area contributed by atoms with E-state index >= 15 is 0 Å². The number of hydrogen-bond acceptors (Lipinski definition) is 3. The zero-order chi connectivity index (χ0) is 14.4. The van der Waals surface area contributed by atoms with Crippen LogP contribution in [0.5, 0.6) is 5.75 Å². The van der Waals surface area contributed by atoms with Crippen molar-refractivity contribution in [1.29, 1.82) is 0 Å². The van der Waals surface area contributed by atoms with Gasteiger partial charge in [-0.05, 0) is 68.0 Å². The first-order chi connectivity index (χ1) is 10.2. The van der Waals surface area contributed by atoms with Gasteiger partial charge in [-0.1, -0.05) is 0 Å². The van der Waals surface area contributed by atoms with Gasteiger partial charge in [0.25, 0.3) is 0 Å². The minimum Gasteiger partial charge on any atom is -0.497 e. The Morgan fingerprint density at radius 2 is 2.19 bits per heavy atom. The summed E-state index contributed by atoms with van der Waals surface area (Å²) in [5.74, 6) is 1.48. The highest BCUT2D eigenvalue weighted by molar-refractivity contribution is 5.99. The standard InChI is InChI=1S/C17H22N2O2/c1-21-13-2-3-15-12(10-13)4-9-19(15)16(20)14-11-17(14)5-7-18-8-6-17/h2-3,10,14,18H,4-9,11H2,1H3. The average molecular weight is 286 g/mol. The van der Waals surface area contributed by atoms with Crippen molar-refractivity contribution in [2.45, 2.75) is 25.7 Å². The summed E-state index contributed by atoms with van der Waals surface area (Å²) < 4.78 is 5.27. The van der Waals surface area contributed by atoms with Crippen molar-refractivity contribution in [3.63, 3.8) is 0 Å². The zero-order valence-corrected chi connectivity index (χ0v) is 12.5. The molecule has 2 fully saturated rings. The van der Waals surface area contributed by atoms with Crippen LogP contribution < -0.4 is 15.0 Å². The molecule has 1 unspecified atom stereocenters. The lowest BCUT2D eigenvalue weighted by Gasteiger charge is -2.25. The fraction of sp³-hybridized carbons (Fsp3) is 0.588. The third kappa shape index (κ3) is 2.04. The van der Waals surface area contributed by atoms with Crippen molar-refractivity contribution in [3.8, 4) is 5.75 Å². The number of methoxy groups -OCH3 is 1. The lowest BCUT2D eigenvalue weighted by Crippen LogP contribution is -2.35. The van der Waals surface area contributed by atoms with Crippen molar-refractivity contribution in [3.05, 3.63) is 23.8 Å². The summed E-state index contributed by atoms with van der Waals surface area (Å²) in [4.78, 5) is 14.9. The molecule has 0 aromatic heterocycles. The minimum absolute atomic E-state index is 0.257. The first kappa shape index (κ1) is 13.1. The van der Waals surface area contributed by atoms with Crippen LogP contribution in [0.25, 0.3) is 0 Å². The Hall–Kier alpha value is -1.55. The Morgan fingerprint density at radius 1 is 1.38 bits per heavy atom. The molecule has 1 saturated heterocycles. The number of nitrogens with one attached hydrogen (secondary N) is 1. The molecule has 1 saturated carbocycles. The van der Waals surface area contributed by atoms with Crippen LogP contribution in [0.3, 0.4) is 0 Å². The second kappa shape index (κ2) is 4.73. The van der Waals surface area contributed by atoms with Crippen LogP contribution in [0, 0.1) is 11.3 Å². The molecule has 1 spiro atoms. The summed E-state index contributed by atoms with van der Waals surface area (Å²) in [7, 11) is 1.69. The predicted octanol–water partition coefficient (Wildman–Crippen LogP) is 1.97. The van der Waals surface area contributed by atoms with Crippen LogP contribution in [0.4, 0.5) is 5.69 Å². The summed E-state index contributed by atoms with van der Waals surface area (Å²) in [6.45, 7) is 2.96. The van der Waals surface area contributed by atoms with E-state index in [1.807, 2.05) is 17.0 Å². The quantitative estimate of drug-likeness (QED) is 0.904. The van der Waals surface area contributed by atoms with Gasteiger partial charge in [-0.15, -0.1) is 0 Å². The summed E-state index contributed by atoms with van der Waals surface area (Å²) in [5.41, 5.74) is 2.65. The summed E-state index contributed by atoms with van der Waals surface area (Å²) in [6.07, 6.45) is 4.36. The molecular formula is C17H22N2O2. The minimum atomic E-state index is 0.257. The van der Waals surface area contributed by atoms with E-state index in [0.717, 1.165) is 56.8 Å². The smallest absolute Gasteiger partial charge is 0.230 e. The SMILES string of the molecule is COc1ccc2c(c1)CCN2C(=O)C1CC12CCNCC2. The van der Waals surface area contributed by atoms with Gasteiger partial charge in [-0.3, -0.25) is 4.79 Å². The second-order valence-corrected chi connectivity index (χ2v) is 6.60. The van der Waals surface area contributed by atoms with Gasteiger partial charge >= 0.3 is 0 Å². The Morgan fingerprint density at radius 3 is 2.95 bits per heavy atom. The molecule has 1 N–H and O–H groups in total. The monoisotopic (exact) mass is 286 g/mol. The van der Waals surface area contributed by atoms with Crippen LogP contribution in [0.2, 0.25) is 0 Å². The van der Waals surface area contributed by atoms with Gasteiger partial charge in [0.1, 0.15) is 5.75 Å². The molecular weight excluding hydrogens is 264 g/mol. The third-order valence-corrected chi connectivity index (χ3v) is 5.54. The number of fused-ring (bicyclic) bond motifs is 1. The summed E-state index contributed by atoms with van der Waals surface area (Å²) >= 11 is 0. The van der Waals surface area contributed by atoms with E-state index in [-0.39, 0.29) is 5.92 Å². The molecule has 112 valence electrons. The van der Waals surface area contributed by atoms with Gasteiger partial charge < -0.3 is 15.0 Å². The number of piperidine rings is 1. The lowest BCUT2D eigenvalue weighted by molar-refractivity contribution is -0.120. The maximum absolute atomic E-state index is 12.9. The van der Waals surface area contributed by atoms with Gasteiger partial charge in [0.15, 0.2) is 0 Å². The van der Waals surface area contributed by atoms with Gasteiger partial charge in [0.05, 0.1) is 7.11 Å². The number of nitrogens with zero attached hydrogens (tertiary/aromatic N) is 1. The first-order valence-electron chi connectivity index (χ1n) is 7.92. The van der Waals surface area contributed by atoms with Crippen LogP contribution in [-0.2, 0) is 11.2 Å². The molecule has 1 amide bonds. The molecule has 0 radical (unpaired) electrons. The van der Waals surface area contributed by atoms with Crippen molar-refractivity contribution < 1.29 is 9.53 Å². The van der Waals surface area contributed by atoms with E-state index in [1.165, 1.54) is 5.56 Å². The van der Waals surface area contributed by atoms with E-state index in [9.17, 15) is 4.79 Å². The van der Waals surface area contributed by atoms with E-state index < -0.39 is 0 Å². The number of amides is 1. The van der Waals surface area contributed by atoms with Crippen LogP contribution in [-0.4, -0.2) is 32.7 Å². The number of benzene rings is 1. The lowest BCUT2D eigenvalue weighted by atomic mass is 9.91. The highest BCUT2D eigenvalue weighted by Crippen LogP contribution is 2.59. The number of carbonyl (C=O) groups excluding carboxylic acids is 1. The molecule has 1 aromatic rings. The maximum atomic E-state index is 12.9. The van der Waals surface area contributed by atoms with Crippen molar-refractivity contribution in [2.24, 2.45) is 11.3 Å². The molecule has 3 aliphatic rings. The number of carbonyl (C=O) groups is 1. The summed E-state index contributed by atoms with van der Waals surface area (Å²) in [5, 5.41) is 3.40. The van der Waals surface area contributed by atoms with Gasteiger partial charge in [0, 0.05) is 18.2 Å². The van der Waals surface area contributed by atoms with Crippen LogP contribution in [0.15, 0.2) is 18.2 Å². The summed E-state index contributed by atoms with van der Waals surface area (Å²) in [6, 6.07) is 6.06. The molecule has 1 aromatic carbocycles. The predicted molar refractivity (Wildman–Crippen MR) is 81.7 cm³/mol. The Kier molecular flexibility index (Phi) is 2.96. The molecule has 1 atom stereocenters. The van der Waals surface area contributed by atoms with Crippen molar-refractivity contribution in [2.75, 3.05) is 31.6 Å². The van der Waals surface area contributed by atoms with Gasteiger partial charge in [-0.25, -0.2) is 0 Å². The number of ether oxygens (including phenoxy) is 1. The Bertz CT molecular complexity index is 578. The van der Waals surface area contributed by atoms with Gasteiger partial charge in [0.2, 0.25) is 5.91 Å². The van der Waals surface area contributed by atoms with Crippen molar-refractivity contribution >= 4 is 11.6 Å². The normalized spacial score (nSPS) is 25.8. The number of anilines is 1. The van der Waals surface area contributed by atoms with E-state index in [1.54, 1.807) is 7.11 Å². The highest BCUT2D eigenvalue weighted by Gasteiger charge is 2.58. The largest absolute Gasteiger partial charge is 0.497 e. The average Bonchev–Trinajstić information content (AvgIpc) is 3.04. The molecule has 4 nitrogen and oxygen atoms in total. The number of hydrogen-bond donors (Lipinski definition) is 1. The highest BCUT2D eigenvalue weighted by atomic mass is 16.5. The molecule has 21 heavy (non-hydrogen) atoms. The van der Waals surface area contributed by atoms with E-state index in [4.69, 9.17) is 4.74 Å². The third-order valence-electron chi connectivity index (χ3n) is 5.54. The fourth-order valence-electron chi connectivity index (χ4n) is 4.10.